The molecule has 1 unspecified atom stereocenters. The van der Waals surface area contributed by atoms with Gasteiger partial charge in [-0.2, -0.15) is 5.26 Å². The van der Waals surface area contributed by atoms with Crippen LogP contribution in [0.25, 0.3) is 0 Å². The lowest BCUT2D eigenvalue weighted by atomic mass is 9.76. The van der Waals surface area contributed by atoms with Crippen LogP contribution in [-0.4, -0.2) is 40.7 Å². The molecular formula is C28H25N7O4S2. The fourth-order valence-corrected chi connectivity index (χ4v) is 6.61. The minimum Gasteiger partial charge on any atom is -0.497 e. The van der Waals surface area contributed by atoms with Crippen LogP contribution in [0.15, 0.2) is 75.5 Å². The molecule has 0 spiro atoms. The molecule has 1 aromatic heterocycles. The first-order chi connectivity index (χ1) is 19.8. The number of methoxy groups -OCH3 is 1. The van der Waals surface area contributed by atoms with Gasteiger partial charge in [0.25, 0.3) is 5.91 Å². The fraction of sp³-hybridized carbons (Fsp3) is 0.214. The number of carbonyl (C=O) groups excluding carboxylic acids is 3. The SMILES string of the molecule is COc1cccc(C2C(C#N)=C(N)N(c3nnc(SCC(=O)Nc4ccccc4C(N)=O)s3)C3=C2C(=O)CCC3)c1. The third kappa shape index (κ3) is 5.52. The first-order valence-electron chi connectivity index (χ1n) is 12.6. The zero-order valence-corrected chi connectivity index (χ0v) is 23.6. The van der Waals surface area contributed by atoms with Gasteiger partial charge in [0, 0.05) is 17.7 Å². The number of para-hydroxylation sites is 1. The van der Waals surface area contributed by atoms with E-state index < -0.39 is 11.8 Å². The molecule has 2 heterocycles. The Morgan fingerprint density at radius 2 is 2.02 bits per heavy atom. The minimum atomic E-state index is -0.644. The molecule has 3 aromatic rings. The van der Waals surface area contributed by atoms with Crippen LogP contribution < -0.4 is 26.4 Å². The minimum absolute atomic E-state index is 0.000836. The van der Waals surface area contributed by atoms with Crippen molar-refractivity contribution in [1.29, 1.82) is 5.26 Å². The topological polar surface area (TPSA) is 177 Å². The normalized spacial score (nSPS) is 16.7. The molecule has 1 atom stereocenters. The van der Waals surface area contributed by atoms with E-state index in [0.717, 1.165) is 17.3 Å². The Morgan fingerprint density at radius 1 is 1.22 bits per heavy atom. The molecule has 0 fully saturated rings. The van der Waals surface area contributed by atoms with Gasteiger partial charge in [-0.15, -0.1) is 10.2 Å². The molecule has 5 rings (SSSR count). The van der Waals surface area contributed by atoms with E-state index in [0.29, 0.717) is 51.4 Å². The van der Waals surface area contributed by atoms with Crippen LogP contribution in [0, 0.1) is 11.3 Å². The average molecular weight is 588 g/mol. The number of amides is 2. The van der Waals surface area contributed by atoms with Crippen LogP contribution in [0.2, 0.25) is 0 Å². The quantitative estimate of drug-likeness (QED) is 0.329. The number of ketones is 1. The van der Waals surface area contributed by atoms with Crippen molar-refractivity contribution < 1.29 is 19.1 Å². The Balaban J connectivity index is 1.41. The van der Waals surface area contributed by atoms with Crippen LogP contribution in [0.5, 0.6) is 5.75 Å². The van der Waals surface area contributed by atoms with E-state index in [-0.39, 0.29) is 34.4 Å². The highest BCUT2D eigenvalue weighted by Crippen LogP contribution is 2.47. The van der Waals surface area contributed by atoms with Gasteiger partial charge < -0.3 is 21.5 Å². The maximum atomic E-state index is 13.3. The number of thioether (sulfide) groups is 1. The number of nitrogens with two attached hydrogens (primary N) is 2. The molecule has 2 aliphatic rings. The zero-order chi connectivity index (χ0) is 29.1. The van der Waals surface area contributed by atoms with E-state index in [1.54, 1.807) is 36.3 Å². The summed E-state index contributed by atoms with van der Waals surface area (Å²) in [7, 11) is 1.56. The number of hydrogen-bond acceptors (Lipinski definition) is 11. The molecular weight excluding hydrogens is 562 g/mol. The number of anilines is 2. The highest BCUT2D eigenvalue weighted by molar-refractivity contribution is 8.01. The Labute approximate surface area is 243 Å². The van der Waals surface area contributed by atoms with E-state index in [1.807, 2.05) is 18.2 Å². The van der Waals surface area contributed by atoms with Crippen LogP contribution in [0.4, 0.5) is 10.8 Å². The summed E-state index contributed by atoms with van der Waals surface area (Å²) < 4.78 is 5.87. The number of nitrogens with zero attached hydrogens (tertiary/aromatic N) is 4. The number of allylic oxidation sites excluding steroid dienone is 3. The third-order valence-corrected chi connectivity index (χ3v) is 8.76. The number of carbonyl (C=O) groups is 3. The van der Waals surface area contributed by atoms with Crippen molar-refractivity contribution in [1.82, 2.24) is 10.2 Å². The molecule has 5 N–H and O–H groups in total. The van der Waals surface area contributed by atoms with Crippen molar-refractivity contribution in [2.45, 2.75) is 29.5 Å². The van der Waals surface area contributed by atoms with E-state index in [4.69, 9.17) is 16.2 Å². The van der Waals surface area contributed by atoms with Gasteiger partial charge in [0.15, 0.2) is 10.1 Å². The maximum Gasteiger partial charge on any atom is 0.250 e. The van der Waals surface area contributed by atoms with Crippen molar-refractivity contribution in [3.8, 4) is 11.8 Å². The average Bonchev–Trinajstić information content (AvgIpc) is 3.44. The number of ether oxygens (including phenoxy) is 1. The molecule has 2 amide bonds. The van der Waals surface area contributed by atoms with Gasteiger partial charge in [-0.25, -0.2) is 0 Å². The van der Waals surface area contributed by atoms with Crippen LogP contribution in [0.1, 0.15) is 41.1 Å². The van der Waals surface area contributed by atoms with Gasteiger partial charge >= 0.3 is 0 Å². The van der Waals surface area contributed by atoms with E-state index in [1.165, 1.54) is 17.4 Å². The second-order valence-corrected chi connectivity index (χ2v) is 11.4. The largest absolute Gasteiger partial charge is 0.497 e. The monoisotopic (exact) mass is 587 g/mol. The first-order valence-corrected chi connectivity index (χ1v) is 14.4. The number of aromatic nitrogens is 2. The Bertz CT molecular complexity index is 1660. The summed E-state index contributed by atoms with van der Waals surface area (Å²) in [6.45, 7) is 0. The third-order valence-electron chi connectivity index (χ3n) is 6.72. The number of rotatable bonds is 8. The van der Waals surface area contributed by atoms with Crippen molar-refractivity contribution in [3.05, 3.63) is 82.3 Å². The maximum absolute atomic E-state index is 13.3. The lowest BCUT2D eigenvalue weighted by molar-refractivity contribution is -0.116. The summed E-state index contributed by atoms with van der Waals surface area (Å²) in [5.74, 6) is -0.870. The number of benzene rings is 2. The first kappa shape index (κ1) is 27.9. The Hall–Kier alpha value is -4.67. The van der Waals surface area contributed by atoms with Gasteiger partial charge in [-0.1, -0.05) is 47.4 Å². The number of nitriles is 1. The molecule has 1 aliphatic heterocycles. The molecule has 0 radical (unpaired) electrons. The van der Waals surface area contributed by atoms with Crippen LogP contribution in [-0.2, 0) is 9.59 Å². The molecule has 208 valence electrons. The Morgan fingerprint density at radius 3 is 2.78 bits per heavy atom. The van der Waals surface area contributed by atoms with Crippen molar-refractivity contribution >= 4 is 51.5 Å². The van der Waals surface area contributed by atoms with Crippen molar-refractivity contribution in [2.24, 2.45) is 11.5 Å². The smallest absolute Gasteiger partial charge is 0.250 e. The van der Waals surface area contributed by atoms with Gasteiger partial charge in [0.2, 0.25) is 11.0 Å². The predicted molar refractivity (Wildman–Crippen MR) is 155 cm³/mol. The molecule has 2 aromatic carbocycles. The lowest BCUT2D eigenvalue weighted by Gasteiger charge is -2.38. The highest BCUT2D eigenvalue weighted by Gasteiger charge is 2.41. The molecule has 13 heteroatoms. The fourth-order valence-electron chi connectivity index (χ4n) is 4.93. The summed E-state index contributed by atoms with van der Waals surface area (Å²) in [5, 5.41) is 21.8. The summed E-state index contributed by atoms with van der Waals surface area (Å²) >= 11 is 2.35. The molecule has 11 nitrogen and oxygen atoms in total. The van der Waals surface area contributed by atoms with Gasteiger partial charge in [-0.05, 0) is 42.7 Å². The van der Waals surface area contributed by atoms with E-state index in [2.05, 4.69) is 21.6 Å². The van der Waals surface area contributed by atoms with Crippen molar-refractivity contribution in [3.63, 3.8) is 0 Å². The van der Waals surface area contributed by atoms with E-state index >= 15 is 0 Å². The highest BCUT2D eigenvalue weighted by atomic mass is 32.2. The molecule has 0 saturated heterocycles. The van der Waals surface area contributed by atoms with Gasteiger partial charge in [0.05, 0.1) is 41.7 Å². The summed E-state index contributed by atoms with van der Waals surface area (Å²) in [6.07, 6.45) is 1.59. The molecule has 1 aliphatic carbocycles. The second-order valence-electron chi connectivity index (χ2n) is 9.19. The molecule has 41 heavy (non-hydrogen) atoms. The summed E-state index contributed by atoms with van der Waals surface area (Å²) in [5.41, 5.74) is 14.7. The number of Topliss-reactive ketones (excluding diaryl/α,β-unsaturated/α-hetero) is 1. The van der Waals surface area contributed by atoms with E-state index in [9.17, 15) is 19.6 Å². The number of hydrogen-bond donors (Lipinski definition) is 3. The van der Waals surface area contributed by atoms with Crippen molar-refractivity contribution in [2.75, 3.05) is 23.1 Å². The second kappa shape index (κ2) is 11.8. The molecule has 0 saturated carbocycles. The Kier molecular flexibility index (Phi) is 8.04. The van der Waals surface area contributed by atoms with Gasteiger partial charge in [-0.3, -0.25) is 19.3 Å². The predicted octanol–water partition coefficient (Wildman–Crippen LogP) is 3.68. The van der Waals surface area contributed by atoms with Crippen LogP contribution in [0.3, 0.4) is 0 Å². The lowest BCUT2D eigenvalue weighted by Crippen LogP contribution is -2.38. The molecule has 0 bridgehead atoms. The van der Waals surface area contributed by atoms with Crippen LogP contribution >= 0.6 is 23.1 Å². The summed E-state index contributed by atoms with van der Waals surface area (Å²) in [6, 6.07) is 16.0. The number of nitrogens with one attached hydrogen (secondary N) is 1. The standard InChI is InChI=1S/C28H25N7O4S2/c1-39-16-7-4-6-15(12-16)23-18(13-29)25(30)35(20-10-5-11-21(36)24(20)23)27-33-34-28(41-27)40-14-22(37)32-19-9-3-2-8-17(19)26(31)38/h2-4,6-9,12,23H,5,10-11,14,30H2,1H3,(H2,31,38)(H,32,37). The van der Waals surface area contributed by atoms with Gasteiger partial charge in [0.1, 0.15) is 11.6 Å². The zero-order valence-electron chi connectivity index (χ0n) is 21.9. The summed E-state index contributed by atoms with van der Waals surface area (Å²) in [4.78, 5) is 39.2. The number of primary amides is 1.